The summed E-state index contributed by atoms with van der Waals surface area (Å²) in [7, 11) is 1.33. The molecule has 0 saturated carbocycles. The highest BCUT2D eigenvalue weighted by Gasteiger charge is 2.44. The third-order valence-corrected chi connectivity index (χ3v) is 9.31. The van der Waals surface area contributed by atoms with Gasteiger partial charge >= 0.3 is 0 Å². The number of alkyl halides is 12. The van der Waals surface area contributed by atoms with Gasteiger partial charge in [-0.3, -0.25) is 34.3 Å². The SMILES string of the molecule is COC1=CC(=O)N(C(=O)[C@H](CCC(Cl)(Cl)Cl)NCOC2=CC(=O)N(C(=O)[C@H](N)CCC(Cl)(Cl)Cl)[C@@H]2CCC(Cl)(Cl)Cl)[C@@H]1CCC(Cl)(Cl)Cl. The van der Waals surface area contributed by atoms with Crippen LogP contribution in [0.25, 0.3) is 0 Å². The number of amides is 4. The summed E-state index contributed by atoms with van der Waals surface area (Å²) in [4.78, 5) is 54.9. The number of imide groups is 2. The molecule has 48 heavy (non-hydrogen) atoms. The number of nitrogens with one attached hydrogen (secondary N) is 1. The van der Waals surface area contributed by atoms with Crippen LogP contribution in [0.5, 0.6) is 0 Å². The highest BCUT2D eigenvalue weighted by atomic mass is 35.6. The fourth-order valence-electron chi connectivity index (χ4n) is 4.77. The molecule has 0 radical (unpaired) electrons. The van der Waals surface area contributed by atoms with Crippen molar-refractivity contribution in [2.24, 2.45) is 5.73 Å². The van der Waals surface area contributed by atoms with Gasteiger partial charge in [0.1, 0.15) is 18.2 Å². The van der Waals surface area contributed by atoms with E-state index in [1.165, 1.54) is 7.11 Å². The van der Waals surface area contributed by atoms with Gasteiger partial charge < -0.3 is 15.2 Å². The maximum absolute atomic E-state index is 13.8. The van der Waals surface area contributed by atoms with Gasteiger partial charge in [0.25, 0.3) is 11.8 Å². The molecule has 0 aromatic heterocycles. The molecule has 2 rings (SSSR count). The molecule has 2 aliphatic rings. The Balaban J connectivity index is 2.28. The number of carbonyl (C=O) groups excluding carboxylic acids is 4. The average molecular weight is 920 g/mol. The molecule has 0 aromatic carbocycles. The molecule has 2 heterocycles. The number of nitrogens with two attached hydrogens (primary N) is 1. The van der Waals surface area contributed by atoms with Crippen molar-refractivity contribution < 1.29 is 28.7 Å². The average Bonchev–Trinajstić information content (AvgIpc) is 3.43. The predicted octanol–water partition coefficient (Wildman–Crippen LogP) is 7.74. The van der Waals surface area contributed by atoms with Crippen LogP contribution in [0.1, 0.15) is 51.4 Å². The van der Waals surface area contributed by atoms with E-state index in [0.717, 1.165) is 22.0 Å². The van der Waals surface area contributed by atoms with Crippen LogP contribution in [0.3, 0.4) is 0 Å². The van der Waals surface area contributed by atoms with E-state index >= 15 is 0 Å². The van der Waals surface area contributed by atoms with Crippen LogP contribution in [-0.4, -0.2) is 86.6 Å². The second-order valence-electron chi connectivity index (χ2n) is 10.7. The van der Waals surface area contributed by atoms with E-state index in [1.807, 2.05) is 0 Å². The molecule has 10 nitrogen and oxygen atoms in total. The summed E-state index contributed by atoms with van der Waals surface area (Å²) in [5.74, 6) is -2.76. The van der Waals surface area contributed by atoms with Crippen LogP contribution in [0, 0.1) is 0 Å². The van der Waals surface area contributed by atoms with Gasteiger partial charge in [-0.25, -0.2) is 0 Å². The number of halogens is 12. The maximum Gasteiger partial charge on any atom is 0.257 e. The van der Waals surface area contributed by atoms with Crippen molar-refractivity contribution in [2.75, 3.05) is 13.8 Å². The summed E-state index contributed by atoms with van der Waals surface area (Å²) >= 11 is 70.9. The minimum Gasteiger partial charge on any atom is -0.499 e. The molecule has 4 amide bonds. The van der Waals surface area contributed by atoms with Crippen molar-refractivity contribution in [3.05, 3.63) is 23.7 Å². The first-order valence-corrected chi connectivity index (χ1v) is 18.5. The van der Waals surface area contributed by atoms with Crippen LogP contribution in [-0.2, 0) is 28.7 Å². The monoisotopic (exact) mass is 914 g/mol. The normalized spacial score (nSPS) is 20.5. The molecule has 3 N–H and O–H groups in total. The van der Waals surface area contributed by atoms with E-state index in [-0.39, 0.29) is 62.9 Å². The van der Waals surface area contributed by atoms with Gasteiger partial charge in [-0.2, -0.15) is 0 Å². The first kappa shape index (κ1) is 44.9. The molecule has 2 aliphatic heterocycles. The lowest BCUT2D eigenvalue weighted by Crippen LogP contribution is -2.52. The van der Waals surface area contributed by atoms with Crippen molar-refractivity contribution in [3.8, 4) is 0 Å². The Morgan fingerprint density at radius 1 is 0.729 bits per heavy atom. The van der Waals surface area contributed by atoms with Crippen molar-refractivity contribution in [1.29, 1.82) is 0 Å². The number of hydrogen-bond donors (Lipinski definition) is 2. The van der Waals surface area contributed by atoms with Crippen molar-refractivity contribution in [3.63, 3.8) is 0 Å². The van der Waals surface area contributed by atoms with E-state index < -0.39 is 69.7 Å². The highest BCUT2D eigenvalue weighted by molar-refractivity contribution is 6.68. The van der Waals surface area contributed by atoms with Crippen LogP contribution in [0.15, 0.2) is 23.7 Å². The molecule has 0 spiro atoms. The third-order valence-electron chi connectivity index (χ3n) is 7.04. The number of carbonyl (C=O) groups is 4. The highest BCUT2D eigenvalue weighted by Crippen LogP contribution is 2.38. The molecule has 0 aliphatic carbocycles. The Labute approximate surface area is 337 Å². The summed E-state index contributed by atoms with van der Waals surface area (Å²) in [5, 5.41) is 2.87. The standard InChI is InChI=1S/C26H30Cl12N4O6/c1-47-17-10-19(43)42(15(17)4-8-25(33,34)35)22(46)14(3-7-24(30,31)32)40-12-48-18-11-20(44)41(16(18)5-9-26(36,37)38)21(45)13(39)2-6-23(27,28)29/h10-11,13-16,40H,2-9,12,39H2,1H3/t13-,14+,15-,16-/m1/s1. The molecule has 0 aromatic rings. The second kappa shape index (κ2) is 18.7. The van der Waals surface area contributed by atoms with Crippen LogP contribution in [0.4, 0.5) is 0 Å². The summed E-state index contributed by atoms with van der Waals surface area (Å²) in [6.07, 6.45) is 1.80. The number of hydrogen-bond acceptors (Lipinski definition) is 8. The summed E-state index contributed by atoms with van der Waals surface area (Å²) < 4.78 is 4.33. The van der Waals surface area contributed by atoms with Crippen molar-refractivity contribution >= 4 is 163 Å². The van der Waals surface area contributed by atoms with E-state index in [4.69, 9.17) is 154 Å². The number of rotatable bonds is 15. The van der Waals surface area contributed by atoms with E-state index in [0.29, 0.717) is 0 Å². The lowest BCUT2D eigenvalue weighted by molar-refractivity contribution is -0.145. The van der Waals surface area contributed by atoms with E-state index in [1.54, 1.807) is 0 Å². The molecule has 0 saturated heterocycles. The Morgan fingerprint density at radius 3 is 1.60 bits per heavy atom. The lowest BCUT2D eigenvalue weighted by atomic mass is 10.1. The fraction of sp³-hybridized carbons (Fsp3) is 0.692. The first-order chi connectivity index (χ1) is 21.8. The van der Waals surface area contributed by atoms with E-state index in [9.17, 15) is 19.2 Å². The molecule has 0 fully saturated rings. The Hall–Kier alpha value is 0.760. The Bertz CT molecular complexity index is 1250. The molecule has 0 unspecified atom stereocenters. The van der Waals surface area contributed by atoms with Gasteiger partial charge in [0.15, 0.2) is 15.2 Å². The topological polar surface area (TPSA) is 131 Å². The minimum atomic E-state index is -1.75. The van der Waals surface area contributed by atoms with Gasteiger partial charge in [0, 0.05) is 12.2 Å². The van der Waals surface area contributed by atoms with Gasteiger partial charge in [0.05, 0.1) is 31.3 Å². The largest absolute Gasteiger partial charge is 0.499 e. The molecule has 4 atom stereocenters. The maximum atomic E-state index is 13.8. The first-order valence-electron chi connectivity index (χ1n) is 13.9. The minimum absolute atomic E-state index is 0.00242. The van der Waals surface area contributed by atoms with Crippen molar-refractivity contribution in [2.45, 2.75) is 90.7 Å². The zero-order chi connectivity index (χ0) is 36.8. The smallest absolute Gasteiger partial charge is 0.257 e. The number of nitrogens with zero attached hydrogens (tertiary/aromatic N) is 2. The summed E-state index contributed by atoms with van der Waals surface area (Å²) in [5.41, 5.74) is 6.03. The second-order valence-corrected chi connectivity index (χ2v) is 20.8. The van der Waals surface area contributed by atoms with E-state index in [2.05, 4.69) is 5.32 Å². The summed E-state index contributed by atoms with van der Waals surface area (Å²) in [6.45, 7) is -0.424. The van der Waals surface area contributed by atoms with Crippen LogP contribution >= 0.6 is 139 Å². The quantitative estimate of drug-likeness (QED) is 0.126. The Kier molecular flexibility index (Phi) is 17.5. The third kappa shape index (κ3) is 15.0. The molecule has 22 heteroatoms. The number of methoxy groups -OCH3 is 1. The summed E-state index contributed by atoms with van der Waals surface area (Å²) in [6, 6.07) is -4.32. The number of ether oxygens (including phenoxy) is 2. The van der Waals surface area contributed by atoms with Gasteiger partial charge in [0.2, 0.25) is 11.8 Å². The van der Waals surface area contributed by atoms with Crippen LogP contribution in [0.2, 0.25) is 0 Å². The van der Waals surface area contributed by atoms with Crippen molar-refractivity contribution in [1.82, 2.24) is 15.1 Å². The lowest BCUT2D eigenvalue weighted by Gasteiger charge is -2.31. The van der Waals surface area contributed by atoms with Gasteiger partial charge in [-0.1, -0.05) is 139 Å². The molecule has 0 bridgehead atoms. The fourth-order valence-corrected chi connectivity index (χ4v) is 6.08. The zero-order valence-electron chi connectivity index (χ0n) is 24.8. The van der Waals surface area contributed by atoms with Gasteiger partial charge in [-0.05, 0) is 51.4 Å². The molecule has 274 valence electrons. The van der Waals surface area contributed by atoms with Crippen LogP contribution < -0.4 is 11.1 Å². The predicted molar refractivity (Wildman–Crippen MR) is 193 cm³/mol. The zero-order valence-corrected chi connectivity index (χ0v) is 33.9. The molecular formula is C26H30Cl12N4O6. The Morgan fingerprint density at radius 2 is 1.15 bits per heavy atom. The van der Waals surface area contributed by atoms with Gasteiger partial charge in [-0.15, -0.1) is 0 Å². The molecular weight excluding hydrogens is 890 g/mol.